The van der Waals surface area contributed by atoms with Gasteiger partial charge in [0.1, 0.15) is 0 Å². The Morgan fingerprint density at radius 3 is 2.20 bits per heavy atom. The molecule has 1 unspecified atom stereocenters. The first-order valence-corrected chi connectivity index (χ1v) is 1.94. The normalized spacial score (nSPS) is 15.0. The van der Waals surface area contributed by atoms with Crippen LogP contribution < -0.4 is 0 Å². The molecule has 0 spiro atoms. The summed E-state index contributed by atoms with van der Waals surface area (Å²) < 4.78 is 0. The number of hydrogen-bond donors (Lipinski definition) is 2. The van der Waals surface area contributed by atoms with Crippen LogP contribution in [0.1, 0.15) is 6.92 Å². The van der Waals surface area contributed by atoms with Gasteiger partial charge in [0.2, 0.25) is 0 Å². The first-order valence-electron chi connectivity index (χ1n) is 1.43. The van der Waals surface area contributed by atoms with Crippen molar-refractivity contribution in [3.8, 4) is 0 Å². The minimum atomic E-state index is -0.377. The van der Waals surface area contributed by atoms with Gasteiger partial charge >= 0.3 is 0 Å². The zero-order chi connectivity index (χ0) is 4.28. The van der Waals surface area contributed by atoms with Crippen LogP contribution in [0.3, 0.4) is 0 Å². The van der Waals surface area contributed by atoms with Gasteiger partial charge in [-0.05, 0) is 6.92 Å². The summed E-state index contributed by atoms with van der Waals surface area (Å²) in [6.45, 7) is 1.65. The predicted molar refractivity (Wildman–Crippen MR) is 25.0 cm³/mol. The molecule has 0 saturated heterocycles. The zero-order valence-electron chi connectivity index (χ0n) is 3.05. The highest BCUT2D eigenvalue weighted by atomic mass is 32.1. The van der Waals surface area contributed by atoms with Crippen LogP contribution in [-0.4, -0.2) is 11.2 Å². The topological polar surface area (TPSA) is 20.2 Å². The van der Waals surface area contributed by atoms with E-state index in [-0.39, 0.29) is 6.10 Å². The maximum Gasteiger partial charge on any atom is 0.0639 e. The van der Waals surface area contributed by atoms with E-state index in [1.54, 1.807) is 6.92 Å². The number of rotatable bonds is 1. The molecule has 0 aromatic heterocycles. The molecule has 0 rings (SSSR count). The number of hydrogen-bond acceptors (Lipinski definition) is 2. The van der Waals surface area contributed by atoms with Crippen molar-refractivity contribution in [3.63, 3.8) is 0 Å². The molecule has 0 aliphatic heterocycles. The molecular weight excluding hydrogens is 84.1 g/mol. The fraction of sp³-hybridized carbons (Fsp3) is 0.667. The summed E-state index contributed by atoms with van der Waals surface area (Å²) in [5.74, 6) is 1.42. The highest BCUT2D eigenvalue weighted by Gasteiger charge is 1.83. The summed E-state index contributed by atoms with van der Waals surface area (Å²) in [4.78, 5) is 0. The third-order valence-electron chi connectivity index (χ3n) is 0.216. The zero-order valence-corrected chi connectivity index (χ0v) is 3.94. The van der Waals surface area contributed by atoms with Gasteiger partial charge in [0.05, 0.1) is 6.10 Å². The van der Waals surface area contributed by atoms with E-state index in [4.69, 9.17) is 5.11 Å². The minimum absolute atomic E-state index is 0.377. The Kier molecular flexibility index (Phi) is 2.70. The summed E-state index contributed by atoms with van der Waals surface area (Å²) in [5.41, 5.74) is 0. The van der Waals surface area contributed by atoms with Crippen LogP contribution >= 0.6 is 12.6 Å². The second-order valence-electron chi connectivity index (χ2n) is 0.890. The Labute approximate surface area is 37.4 Å². The SMILES string of the molecule is CC(O)[CH]S. The Hall–Kier alpha value is 0.310. The van der Waals surface area contributed by atoms with E-state index < -0.39 is 0 Å². The molecule has 31 valence electrons. The van der Waals surface area contributed by atoms with Gasteiger partial charge in [-0.15, -0.1) is 0 Å². The second kappa shape index (κ2) is 2.54. The first-order chi connectivity index (χ1) is 2.27. The van der Waals surface area contributed by atoms with E-state index in [1.165, 1.54) is 5.75 Å². The number of aliphatic hydroxyl groups excluding tert-OH is 1. The van der Waals surface area contributed by atoms with Crippen molar-refractivity contribution in [2.45, 2.75) is 13.0 Å². The molecule has 0 saturated carbocycles. The number of thiol groups is 1. The van der Waals surface area contributed by atoms with E-state index in [9.17, 15) is 0 Å². The molecule has 0 heterocycles. The quantitative estimate of drug-likeness (QED) is 0.449. The van der Waals surface area contributed by atoms with Gasteiger partial charge < -0.3 is 5.11 Å². The van der Waals surface area contributed by atoms with Gasteiger partial charge in [-0.2, -0.15) is 12.6 Å². The van der Waals surface area contributed by atoms with Crippen molar-refractivity contribution in [2.24, 2.45) is 0 Å². The largest absolute Gasteiger partial charge is 0.392 e. The van der Waals surface area contributed by atoms with E-state index in [0.717, 1.165) is 0 Å². The molecule has 0 fully saturated rings. The van der Waals surface area contributed by atoms with Gasteiger partial charge in [-0.25, -0.2) is 0 Å². The summed E-state index contributed by atoms with van der Waals surface area (Å²) in [6, 6.07) is 0. The van der Waals surface area contributed by atoms with Crippen LogP contribution in [0.25, 0.3) is 0 Å². The van der Waals surface area contributed by atoms with E-state index in [0.29, 0.717) is 0 Å². The maximum absolute atomic E-state index is 8.23. The average molecular weight is 91.2 g/mol. The van der Waals surface area contributed by atoms with Crippen LogP contribution in [0.2, 0.25) is 0 Å². The van der Waals surface area contributed by atoms with Crippen molar-refractivity contribution in [3.05, 3.63) is 5.75 Å². The van der Waals surface area contributed by atoms with Crippen LogP contribution in [0.4, 0.5) is 0 Å². The van der Waals surface area contributed by atoms with Gasteiger partial charge in [0.15, 0.2) is 0 Å². The smallest absolute Gasteiger partial charge is 0.0639 e. The molecular formula is C3H7OS. The Bertz CT molecular complexity index is 20.9. The van der Waals surface area contributed by atoms with Crippen molar-refractivity contribution in [2.75, 3.05) is 0 Å². The lowest BCUT2D eigenvalue weighted by Gasteiger charge is -1.89. The highest BCUT2D eigenvalue weighted by molar-refractivity contribution is 7.82. The van der Waals surface area contributed by atoms with E-state index in [2.05, 4.69) is 12.6 Å². The molecule has 0 aromatic carbocycles. The molecule has 5 heavy (non-hydrogen) atoms. The lowest BCUT2D eigenvalue weighted by Crippen LogP contribution is -1.92. The van der Waals surface area contributed by atoms with E-state index >= 15 is 0 Å². The van der Waals surface area contributed by atoms with Gasteiger partial charge in [0.25, 0.3) is 0 Å². The third-order valence-corrected chi connectivity index (χ3v) is 0.647. The summed E-state index contributed by atoms with van der Waals surface area (Å²) in [6.07, 6.45) is -0.377. The first kappa shape index (κ1) is 5.31. The Morgan fingerprint density at radius 1 is 2.00 bits per heavy atom. The minimum Gasteiger partial charge on any atom is -0.392 e. The second-order valence-corrected chi connectivity index (χ2v) is 1.19. The molecule has 0 aliphatic rings. The van der Waals surface area contributed by atoms with Crippen LogP contribution in [0.15, 0.2) is 0 Å². The molecule has 0 aromatic rings. The molecule has 1 nitrogen and oxygen atoms in total. The van der Waals surface area contributed by atoms with Crippen LogP contribution in [-0.2, 0) is 0 Å². The lowest BCUT2D eigenvalue weighted by atomic mass is 10.5. The van der Waals surface area contributed by atoms with Gasteiger partial charge in [-0.1, -0.05) is 0 Å². The van der Waals surface area contributed by atoms with Crippen molar-refractivity contribution in [1.82, 2.24) is 0 Å². The Morgan fingerprint density at radius 2 is 2.20 bits per heavy atom. The number of aliphatic hydroxyl groups is 1. The molecule has 0 amide bonds. The molecule has 1 N–H and O–H groups in total. The molecule has 0 bridgehead atoms. The fourth-order valence-electron chi connectivity index (χ4n) is 0. The van der Waals surface area contributed by atoms with Crippen molar-refractivity contribution >= 4 is 12.6 Å². The lowest BCUT2D eigenvalue weighted by molar-refractivity contribution is 0.238. The fourth-order valence-corrected chi connectivity index (χ4v) is 0. The van der Waals surface area contributed by atoms with Gasteiger partial charge in [0, 0.05) is 5.75 Å². The average Bonchev–Trinajstić information content (AvgIpc) is 1.38. The maximum atomic E-state index is 8.23. The third kappa shape index (κ3) is 4.31. The molecule has 1 atom stereocenters. The molecule has 2 heteroatoms. The highest BCUT2D eigenvalue weighted by Crippen LogP contribution is 1.87. The van der Waals surface area contributed by atoms with Crippen LogP contribution in [0.5, 0.6) is 0 Å². The summed E-state index contributed by atoms with van der Waals surface area (Å²) in [7, 11) is 0. The van der Waals surface area contributed by atoms with Gasteiger partial charge in [-0.3, -0.25) is 0 Å². The van der Waals surface area contributed by atoms with Crippen molar-refractivity contribution < 1.29 is 5.11 Å². The monoisotopic (exact) mass is 91.0 g/mol. The van der Waals surface area contributed by atoms with E-state index in [1.807, 2.05) is 0 Å². The summed E-state index contributed by atoms with van der Waals surface area (Å²) >= 11 is 3.64. The standard InChI is InChI=1S/C3H7OS/c1-3(4)2-5/h2-5H,1H3. The Balaban J connectivity index is 2.54. The van der Waals surface area contributed by atoms with Crippen molar-refractivity contribution in [1.29, 1.82) is 0 Å². The van der Waals surface area contributed by atoms with Crippen LogP contribution in [0, 0.1) is 5.75 Å². The summed E-state index contributed by atoms with van der Waals surface area (Å²) in [5, 5.41) is 8.23. The molecule has 0 aliphatic carbocycles. The molecule has 1 radical (unpaired) electrons. The predicted octanol–water partition coefficient (Wildman–Crippen LogP) is 0.459.